The highest BCUT2D eigenvalue weighted by molar-refractivity contribution is 7.83. The molecule has 1 atom stereocenters. The van der Waals surface area contributed by atoms with E-state index in [9.17, 15) is 4.21 Å². The van der Waals surface area contributed by atoms with Crippen molar-refractivity contribution in [1.82, 2.24) is 0 Å². The molecule has 0 aliphatic carbocycles. The van der Waals surface area contributed by atoms with Crippen LogP contribution in [-0.2, 0) is 11.0 Å². The van der Waals surface area contributed by atoms with Gasteiger partial charge >= 0.3 is 0 Å². The lowest BCUT2D eigenvalue weighted by Crippen LogP contribution is -1.98. The summed E-state index contributed by atoms with van der Waals surface area (Å²) in [6.45, 7) is 3.80. The molecule has 0 spiro atoms. The molecule has 4 heteroatoms. The summed E-state index contributed by atoms with van der Waals surface area (Å²) >= 11 is 0. The largest absolute Gasteiger partial charge is 0.229 e. The lowest BCUT2D eigenvalue weighted by atomic mass is 10.1. The predicted molar refractivity (Wildman–Crippen MR) is 81.0 cm³/mol. The minimum Gasteiger partial charge on any atom is -0.229 e. The molecule has 1 unspecified atom stereocenters. The zero-order valence-corrected chi connectivity index (χ0v) is 12.1. The molecule has 0 aliphatic heterocycles. The molecule has 100 valence electrons. The van der Waals surface area contributed by atoms with Gasteiger partial charge in [0.25, 0.3) is 0 Å². The van der Waals surface area contributed by atoms with E-state index < -0.39 is 11.0 Å². The van der Waals surface area contributed by atoms with Crippen molar-refractivity contribution in [3.05, 3.63) is 65.2 Å². The van der Waals surface area contributed by atoms with Gasteiger partial charge in [-0.05, 0) is 43.7 Å². The molecule has 0 amide bonds. The van der Waals surface area contributed by atoms with Gasteiger partial charge in [-0.2, -0.15) is 9.66 Å². The van der Waals surface area contributed by atoms with Crippen LogP contribution in [0.15, 0.2) is 57.8 Å². The molecule has 3 nitrogen and oxygen atoms in total. The average Bonchev–Trinajstić information content (AvgIpc) is 2.48. The maximum Gasteiger partial charge on any atom is 0.172 e. The fraction of sp³-hybridized carbons (Fsp3) is 0.125. The first kappa shape index (κ1) is 14.2. The third kappa shape index (κ3) is 3.40. The maximum atomic E-state index is 12.1. The van der Waals surface area contributed by atoms with Crippen molar-refractivity contribution < 1.29 is 4.21 Å². The second-order valence-electron chi connectivity index (χ2n) is 4.43. The molecular formula is C16H14N2OS. The van der Waals surface area contributed by atoms with E-state index in [1.54, 1.807) is 12.1 Å². The van der Waals surface area contributed by atoms with Crippen molar-refractivity contribution in [2.24, 2.45) is 4.40 Å². The van der Waals surface area contributed by atoms with Crippen molar-refractivity contribution in [1.29, 1.82) is 5.26 Å². The minimum absolute atomic E-state index is 0.598. The summed E-state index contributed by atoms with van der Waals surface area (Å²) in [6.07, 6.45) is 0. The second kappa shape index (κ2) is 6.27. The summed E-state index contributed by atoms with van der Waals surface area (Å²) in [4.78, 5) is 0.684. The van der Waals surface area contributed by atoms with Crippen molar-refractivity contribution >= 4 is 16.7 Å². The van der Waals surface area contributed by atoms with E-state index in [1.165, 1.54) is 0 Å². The van der Waals surface area contributed by atoms with Crippen molar-refractivity contribution in [3.8, 4) is 6.07 Å². The number of nitriles is 1. The predicted octanol–water partition coefficient (Wildman–Crippen LogP) is 3.40. The van der Waals surface area contributed by atoms with Crippen molar-refractivity contribution in [2.75, 3.05) is 0 Å². The standard InChI is InChI=1S/C16H14N2OS/c1-12-3-9-16(10-4-12)20(19)18-13(2)15-7-5-14(11-17)6-8-15/h3-10H,1-2H3/b18-13+. The molecule has 20 heavy (non-hydrogen) atoms. The molecule has 0 radical (unpaired) electrons. The topological polar surface area (TPSA) is 53.2 Å². The Morgan fingerprint density at radius 3 is 2.25 bits per heavy atom. The Kier molecular flexibility index (Phi) is 4.44. The van der Waals surface area contributed by atoms with Gasteiger partial charge in [0.1, 0.15) is 0 Å². The molecule has 0 saturated heterocycles. The summed E-state index contributed by atoms with van der Waals surface area (Å²) in [5.74, 6) is 0. The van der Waals surface area contributed by atoms with E-state index >= 15 is 0 Å². The zero-order valence-electron chi connectivity index (χ0n) is 11.3. The van der Waals surface area contributed by atoms with E-state index in [-0.39, 0.29) is 0 Å². The van der Waals surface area contributed by atoms with E-state index in [2.05, 4.69) is 10.5 Å². The third-order valence-corrected chi connectivity index (χ3v) is 3.99. The lowest BCUT2D eigenvalue weighted by molar-refractivity contribution is 0.684. The monoisotopic (exact) mass is 282 g/mol. The van der Waals surface area contributed by atoms with Gasteiger partial charge in [0.05, 0.1) is 22.2 Å². The van der Waals surface area contributed by atoms with Gasteiger partial charge in [0.2, 0.25) is 0 Å². The number of benzene rings is 2. The van der Waals surface area contributed by atoms with Gasteiger partial charge in [-0.3, -0.25) is 0 Å². The number of hydrogen-bond donors (Lipinski definition) is 0. The second-order valence-corrected chi connectivity index (χ2v) is 5.58. The van der Waals surface area contributed by atoms with Gasteiger partial charge < -0.3 is 0 Å². The lowest BCUT2D eigenvalue weighted by Gasteiger charge is -2.02. The highest BCUT2D eigenvalue weighted by atomic mass is 32.2. The van der Waals surface area contributed by atoms with Crippen LogP contribution in [-0.4, -0.2) is 9.92 Å². The molecule has 0 bridgehead atoms. The van der Waals surface area contributed by atoms with Gasteiger partial charge in [0, 0.05) is 0 Å². The van der Waals surface area contributed by atoms with Crippen LogP contribution in [0.2, 0.25) is 0 Å². The zero-order chi connectivity index (χ0) is 14.5. The van der Waals surface area contributed by atoms with Crippen LogP contribution in [0.1, 0.15) is 23.6 Å². The summed E-state index contributed by atoms with van der Waals surface area (Å²) in [5.41, 5.74) is 3.28. The molecule has 2 aromatic carbocycles. The number of aryl methyl sites for hydroxylation is 1. The van der Waals surface area contributed by atoms with Crippen LogP contribution in [0, 0.1) is 18.3 Å². The smallest absolute Gasteiger partial charge is 0.172 e. The molecule has 2 aromatic rings. The summed E-state index contributed by atoms with van der Waals surface area (Å²) in [7, 11) is -1.41. The third-order valence-electron chi connectivity index (χ3n) is 2.87. The molecule has 0 fully saturated rings. The molecule has 0 aromatic heterocycles. The number of hydrogen-bond acceptors (Lipinski definition) is 2. The van der Waals surface area contributed by atoms with Gasteiger partial charge in [0.15, 0.2) is 11.0 Å². The average molecular weight is 282 g/mol. The Balaban J connectivity index is 2.22. The van der Waals surface area contributed by atoms with Gasteiger partial charge in [-0.1, -0.05) is 29.8 Å². The summed E-state index contributed by atoms with van der Waals surface area (Å²) in [6, 6.07) is 16.6. The molecule has 0 saturated carbocycles. The molecule has 2 rings (SSSR count). The number of nitrogens with zero attached hydrogens (tertiary/aromatic N) is 2. The highest BCUT2D eigenvalue weighted by Crippen LogP contribution is 2.12. The first-order valence-corrected chi connectivity index (χ1v) is 7.25. The van der Waals surface area contributed by atoms with E-state index in [0.717, 1.165) is 11.1 Å². The van der Waals surface area contributed by atoms with Crippen molar-refractivity contribution in [3.63, 3.8) is 0 Å². The molecule has 0 heterocycles. The Hall–Kier alpha value is -2.25. The fourth-order valence-electron chi connectivity index (χ4n) is 1.67. The van der Waals surface area contributed by atoms with Crippen molar-refractivity contribution in [2.45, 2.75) is 18.7 Å². The van der Waals surface area contributed by atoms with E-state index in [0.29, 0.717) is 16.2 Å². The van der Waals surface area contributed by atoms with Crippen LogP contribution in [0.3, 0.4) is 0 Å². The quantitative estimate of drug-likeness (QED) is 0.810. The fourth-order valence-corrected chi connectivity index (χ4v) is 2.50. The first-order chi connectivity index (χ1) is 9.60. The van der Waals surface area contributed by atoms with Crippen LogP contribution in [0.5, 0.6) is 0 Å². The number of rotatable bonds is 3. The van der Waals surface area contributed by atoms with Gasteiger partial charge in [-0.25, -0.2) is 4.21 Å². The normalized spacial score (nSPS) is 12.8. The van der Waals surface area contributed by atoms with Crippen LogP contribution in [0.25, 0.3) is 0 Å². The molecular weight excluding hydrogens is 268 g/mol. The Morgan fingerprint density at radius 2 is 1.70 bits per heavy atom. The van der Waals surface area contributed by atoms with Gasteiger partial charge in [-0.15, -0.1) is 0 Å². The minimum atomic E-state index is -1.41. The van der Waals surface area contributed by atoms with E-state index in [4.69, 9.17) is 5.26 Å². The van der Waals surface area contributed by atoms with E-state index in [1.807, 2.05) is 50.2 Å². The van der Waals surface area contributed by atoms with Crippen LogP contribution >= 0.6 is 0 Å². The molecule has 0 N–H and O–H groups in total. The Labute approximate surface area is 121 Å². The molecule has 0 aliphatic rings. The summed E-state index contributed by atoms with van der Waals surface area (Å²) < 4.78 is 16.3. The summed E-state index contributed by atoms with van der Waals surface area (Å²) in [5, 5.41) is 8.75. The highest BCUT2D eigenvalue weighted by Gasteiger charge is 2.04. The Morgan fingerprint density at radius 1 is 1.10 bits per heavy atom. The maximum absolute atomic E-state index is 12.1. The van der Waals surface area contributed by atoms with Crippen LogP contribution < -0.4 is 0 Å². The van der Waals surface area contributed by atoms with Crippen LogP contribution in [0.4, 0.5) is 0 Å². The Bertz CT molecular complexity index is 695. The first-order valence-electron chi connectivity index (χ1n) is 6.14. The SMILES string of the molecule is C/C(=N\S(=O)c1ccc(C)cc1)c1ccc(C#N)cc1.